The van der Waals surface area contributed by atoms with Crippen LogP contribution in [0.15, 0.2) is 18.2 Å². The van der Waals surface area contributed by atoms with Gasteiger partial charge in [0.05, 0.1) is 10.0 Å². The van der Waals surface area contributed by atoms with E-state index in [9.17, 15) is 4.39 Å². The second-order valence-electron chi connectivity index (χ2n) is 4.56. The number of halogens is 3. The predicted octanol–water partition coefficient (Wildman–Crippen LogP) is 4.70. The van der Waals surface area contributed by atoms with Gasteiger partial charge >= 0.3 is 0 Å². The summed E-state index contributed by atoms with van der Waals surface area (Å²) in [4.78, 5) is 0. The van der Waals surface area contributed by atoms with Gasteiger partial charge in [-0.3, -0.25) is 0 Å². The van der Waals surface area contributed by atoms with Gasteiger partial charge in [0, 0.05) is 30.7 Å². The van der Waals surface area contributed by atoms with Crippen LogP contribution in [0.3, 0.4) is 0 Å². The highest BCUT2D eigenvalue weighted by atomic mass is 35.5. The van der Waals surface area contributed by atoms with Crippen molar-refractivity contribution >= 4 is 28.9 Å². The van der Waals surface area contributed by atoms with Gasteiger partial charge in [-0.1, -0.05) is 23.2 Å². The fraction of sp³-hybridized carbons (Fsp3) is 0.286. The summed E-state index contributed by atoms with van der Waals surface area (Å²) in [5.74, 6) is -0.583. The first kappa shape index (κ1) is 14.2. The summed E-state index contributed by atoms with van der Waals surface area (Å²) >= 11 is 11.5. The van der Waals surface area contributed by atoms with E-state index < -0.39 is 5.82 Å². The average molecular weight is 301 g/mol. The van der Waals surface area contributed by atoms with Crippen LogP contribution >= 0.6 is 23.2 Å². The largest absolute Gasteiger partial charge is 0.381 e. The summed E-state index contributed by atoms with van der Waals surface area (Å²) in [6.45, 7) is 4.77. The highest BCUT2D eigenvalue weighted by molar-refractivity contribution is 6.35. The fourth-order valence-corrected chi connectivity index (χ4v) is 2.45. The lowest BCUT2D eigenvalue weighted by molar-refractivity contribution is 0.629. The molecule has 0 spiro atoms. The Morgan fingerprint density at radius 2 is 1.74 bits per heavy atom. The summed E-state index contributed by atoms with van der Waals surface area (Å²) < 4.78 is 15.4. The lowest BCUT2D eigenvalue weighted by Gasteiger charge is -2.08. The molecule has 0 bridgehead atoms. The maximum atomic E-state index is 13.3. The highest BCUT2D eigenvalue weighted by Gasteiger charge is 2.09. The van der Waals surface area contributed by atoms with Crippen molar-refractivity contribution in [3.63, 3.8) is 0 Å². The van der Waals surface area contributed by atoms with Gasteiger partial charge in [0.1, 0.15) is 0 Å². The predicted molar refractivity (Wildman–Crippen MR) is 78.6 cm³/mol. The van der Waals surface area contributed by atoms with Crippen molar-refractivity contribution in [1.29, 1.82) is 0 Å². The minimum absolute atomic E-state index is 0.0240. The number of hydrogen-bond acceptors (Lipinski definition) is 1. The molecule has 0 amide bonds. The molecule has 2 nitrogen and oxygen atoms in total. The Kier molecular flexibility index (Phi) is 4.07. The summed E-state index contributed by atoms with van der Waals surface area (Å²) in [7, 11) is 2.03. The lowest BCUT2D eigenvalue weighted by Crippen LogP contribution is -2.02. The zero-order chi connectivity index (χ0) is 14.2. The van der Waals surface area contributed by atoms with Gasteiger partial charge in [-0.15, -0.1) is 0 Å². The SMILES string of the molecule is Cc1cc(CNc2cc(Cl)c(F)c(Cl)c2)c(C)n1C. The van der Waals surface area contributed by atoms with Crippen molar-refractivity contribution in [1.82, 2.24) is 4.57 Å². The van der Waals surface area contributed by atoms with Crippen molar-refractivity contribution in [2.24, 2.45) is 7.05 Å². The van der Waals surface area contributed by atoms with Gasteiger partial charge in [-0.2, -0.15) is 0 Å². The Morgan fingerprint density at radius 3 is 2.21 bits per heavy atom. The maximum absolute atomic E-state index is 13.3. The van der Waals surface area contributed by atoms with E-state index in [1.165, 1.54) is 29.1 Å². The molecule has 1 N–H and O–H groups in total. The fourth-order valence-electron chi connectivity index (χ4n) is 1.97. The van der Waals surface area contributed by atoms with E-state index in [0.29, 0.717) is 12.2 Å². The molecule has 0 radical (unpaired) electrons. The van der Waals surface area contributed by atoms with Crippen LogP contribution in [0.4, 0.5) is 10.1 Å². The molecule has 1 heterocycles. The molecule has 2 aromatic rings. The van der Waals surface area contributed by atoms with Gasteiger partial charge in [0.2, 0.25) is 0 Å². The van der Waals surface area contributed by atoms with Crippen molar-refractivity contribution in [3.8, 4) is 0 Å². The molecule has 0 fully saturated rings. The second kappa shape index (κ2) is 5.43. The van der Waals surface area contributed by atoms with Crippen molar-refractivity contribution in [2.45, 2.75) is 20.4 Å². The van der Waals surface area contributed by atoms with Crippen molar-refractivity contribution in [3.05, 3.63) is 51.0 Å². The van der Waals surface area contributed by atoms with Gasteiger partial charge in [-0.05, 0) is 37.6 Å². The number of aryl methyl sites for hydroxylation is 1. The number of nitrogens with one attached hydrogen (secondary N) is 1. The molecule has 0 unspecified atom stereocenters. The summed E-state index contributed by atoms with van der Waals surface area (Å²) in [6.07, 6.45) is 0. The van der Waals surface area contributed by atoms with E-state index in [1.54, 1.807) is 0 Å². The topological polar surface area (TPSA) is 17.0 Å². The maximum Gasteiger partial charge on any atom is 0.160 e. The Bertz CT molecular complexity index is 597. The van der Waals surface area contributed by atoms with Crippen LogP contribution in [0.25, 0.3) is 0 Å². The molecule has 5 heteroatoms. The minimum Gasteiger partial charge on any atom is -0.381 e. The molecule has 102 valence electrons. The van der Waals surface area contributed by atoms with E-state index in [1.807, 2.05) is 7.05 Å². The van der Waals surface area contributed by atoms with Gasteiger partial charge in [0.15, 0.2) is 5.82 Å². The molecule has 2 rings (SSSR count). The number of anilines is 1. The van der Waals surface area contributed by atoms with E-state index in [0.717, 1.165) is 0 Å². The molecule has 19 heavy (non-hydrogen) atoms. The molecular formula is C14H15Cl2FN2. The molecule has 0 aliphatic heterocycles. The Balaban J connectivity index is 2.17. The van der Waals surface area contributed by atoms with Gasteiger partial charge in [0.25, 0.3) is 0 Å². The van der Waals surface area contributed by atoms with Crippen LogP contribution in [-0.2, 0) is 13.6 Å². The third kappa shape index (κ3) is 2.88. The zero-order valence-electron chi connectivity index (χ0n) is 11.0. The van der Waals surface area contributed by atoms with Crippen LogP contribution in [0.5, 0.6) is 0 Å². The number of benzene rings is 1. The molecule has 1 aromatic heterocycles. The first-order chi connectivity index (χ1) is 8.90. The Hall–Kier alpha value is -1.19. The first-order valence-corrected chi connectivity index (χ1v) is 6.66. The Morgan fingerprint density at radius 1 is 1.16 bits per heavy atom. The molecule has 0 saturated heterocycles. The molecule has 1 aromatic carbocycles. The van der Waals surface area contributed by atoms with Gasteiger partial charge < -0.3 is 9.88 Å². The van der Waals surface area contributed by atoms with Crippen LogP contribution in [0.1, 0.15) is 17.0 Å². The minimum atomic E-state index is -0.583. The third-order valence-corrected chi connectivity index (χ3v) is 3.90. The zero-order valence-corrected chi connectivity index (χ0v) is 12.5. The summed E-state index contributed by atoms with van der Waals surface area (Å²) in [5.41, 5.74) is 4.29. The van der Waals surface area contributed by atoms with E-state index >= 15 is 0 Å². The summed E-state index contributed by atoms with van der Waals surface area (Å²) in [5, 5.41) is 3.25. The van der Waals surface area contributed by atoms with Crippen LogP contribution < -0.4 is 5.32 Å². The highest BCUT2D eigenvalue weighted by Crippen LogP contribution is 2.27. The van der Waals surface area contributed by atoms with E-state index in [2.05, 4.69) is 29.8 Å². The number of rotatable bonds is 3. The smallest absolute Gasteiger partial charge is 0.160 e. The lowest BCUT2D eigenvalue weighted by atomic mass is 10.2. The van der Waals surface area contributed by atoms with Crippen LogP contribution in [0, 0.1) is 19.7 Å². The monoisotopic (exact) mass is 300 g/mol. The number of aromatic nitrogens is 1. The molecular weight excluding hydrogens is 286 g/mol. The molecule has 0 aliphatic carbocycles. The van der Waals surface area contributed by atoms with E-state index in [4.69, 9.17) is 23.2 Å². The standard InChI is InChI=1S/C14H15Cl2FN2/c1-8-4-10(9(2)19(8)3)7-18-11-5-12(15)14(17)13(16)6-11/h4-6,18H,7H2,1-3H3. The van der Waals surface area contributed by atoms with E-state index in [-0.39, 0.29) is 10.0 Å². The second-order valence-corrected chi connectivity index (χ2v) is 5.38. The van der Waals surface area contributed by atoms with Crippen molar-refractivity contribution in [2.75, 3.05) is 5.32 Å². The molecule has 0 atom stereocenters. The third-order valence-electron chi connectivity index (χ3n) is 3.35. The quantitative estimate of drug-likeness (QED) is 0.813. The average Bonchev–Trinajstić information content (AvgIpc) is 2.61. The Labute approximate surface area is 122 Å². The number of hydrogen-bond donors (Lipinski definition) is 1. The summed E-state index contributed by atoms with van der Waals surface area (Å²) in [6, 6.07) is 5.19. The van der Waals surface area contributed by atoms with Gasteiger partial charge in [-0.25, -0.2) is 4.39 Å². The normalized spacial score (nSPS) is 10.8. The van der Waals surface area contributed by atoms with Crippen LogP contribution in [-0.4, -0.2) is 4.57 Å². The number of nitrogens with zero attached hydrogens (tertiary/aromatic N) is 1. The van der Waals surface area contributed by atoms with Crippen molar-refractivity contribution < 1.29 is 4.39 Å². The molecule has 0 saturated carbocycles. The van der Waals surface area contributed by atoms with Crippen LogP contribution in [0.2, 0.25) is 10.0 Å². The first-order valence-electron chi connectivity index (χ1n) is 5.90. The molecule has 0 aliphatic rings.